The van der Waals surface area contributed by atoms with E-state index in [1.165, 1.54) is 11.1 Å². The summed E-state index contributed by atoms with van der Waals surface area (Å²) in [6.45, 7) is 7.56. The van der Waals surface area contributed by atoms with E-state index in [0.717, 1.165) is 12.2 Å². The lowest BCUT2D eigenvalue weighted by atomic mass is 9.98. The van der Waals surface area contributed by atoms with Crippen LogP contribution >= 0.6 is 11.6 Å². The van der Waals surface area contributed by atoms with Gasteiger partial charge in [0.15, 0.2) is 0 Å². The van der Waals surface area contributed by atoms with Crippen LogP contribution < -0.4 is 4.74 Å². The number of nitrogens with zero attached hydrogens (tertiary/aromatic N) is 1. The number of alkyl halides is 1. The van der Waals surface area contributed by atoms with E-state index in [-0.39, 0.29) is 5.91 Å². The molecule has 0 aliphatic rings. The number of benzene rings is 1. The fourth-order valence-electron chi connectivity index (χ4n) is 2.22. The summed E-state index contributed by atoms with van der Waals surface area (Å²) in [5, 5.41) is 0. The highest BCUT2D eigenvalue weighted by Gasteiger charge is 2.08. The third-order valence-corrected chi connectivity index (χ3v) is 3.78. The maximum Gasteiger partial charge on any atom is 0.222 e. The van der Waals surface area contributed by atoms with E-state index in [1.54, 1.807) is 11.9 Å². The summed E-state index contributed by atoms with van der Waals surface area (Å²) in [7, 11) is 1.80. The summed E-state index contributed by atoms with van der Waals surface area (Å²) in [6.07, 6.45) is 1.23. The van der Waals surface area contributed by atoms with E-state index in [9.17, 15) is 4.79 Å². The first kappa shape index (κ1) is 17.8. The van der Waals surface area contributed by atoms with Gasteiger partial charge < -0.3 is 9.64 Å². The van der Waals surface area contributed by atoms with Crippen molar-refractivity contribution in [2.24, 2.45) is 0 Å². The van der Waals surface area contributed by atoms with Crippen molar-refractivity contribution in [2.75, 3.05) is 26.1 Å². The van der Waals surface area contributed by atoms with Crippen molar-refractivity contribution in [1.29, 1.82) is 0 Å². The number of carbonyl (C=O) groups is 1. The topological polar surface area (TPSA) is 29.5 Å². The van der Waals surface area contributed by atoms with E-state index in [0.29, 0.717) is 31.4 Å². The molecule has 1 aromatic rings. The van der Waals surface area contributed by atoms with E-state index in [1.807, 2.05) is 6.07 Å². The van der Waals surface area contributed by atoms with Gasteiger partial charge in [0.25, 0.3) is 0 Å². The van der Waals surface area contributed by atoms with E-state index >= 15 is 0 Å². The van der Waals surface area contributed by atoms with Crippen LogP contribution in [0.2, 0.25) is 0 Å². The molecule has 0 heterocycles. The van der Waals surface area contributed by atoms with Crippen molar-refractivity contribution in [3.63, 3.8) is 0 Å². The molecule has 21 heavy (non-hydrogen) atoms. The Balaban J connectivity index is 2.42. The minimum Gasteiger partial charge on any atom is -0.492 e. The molecule has 0 aromatic heterocycles. The molecular weight excluding hydrogens is 286 g/mol. The molecule has 1 rings (SSSR count). The Bertz CT molecular complexity index is 460. The summed E-state index contributed by atoms with van der Waals surface area (Å²) in [5.74, 6) is 2.02. The van der Waals surface area contributed by atoms with Crippen LogP contribution in [-0.4, -0.2) is 36.9 Å². The molecule has 0 radical (unpaired) electrons. The average Bonchev–Trinajstić information content (AvgIpc) is 2.44. The van der Waals surface area contributed by atoms with Gasteiger partial charge in [0, 0.05) is 19.3 Å². The molecule has 0 saturated heterocycles. The first-order chi connectivity index (χ1) is 9.95. The van der Waals surface area contributed by atoms with Gasteiger partial charge >= 0.3 is 0 Å². The molecule has 0 saturated carbocycles. The number of rotatable bonds is 8. The van der Waals surface area contributed by atoms with Gasteiger partial charge in [0.05, 0.1) is 6.54 Å². The average molecular weight is 312 g/mol. The van der Waals surface area contributed by atoms with Gasteiger partial charge in [-0.05, 0) is 42.5 Å². The molecule has 0 aliphatic heterocycles. The molecule has 3 nitrogen and oxygen atoms in total. The molecule has 0 fully saturated rings. The quantitative estimate of drug-likeness (QED) is 0.680. The zero-order valence-corrected chi connectivity index (χ0v) is 14.2. The number of hydrogen-bond donors (Lipinski definition) is 0. The Morgan fingerprint density at radius 2 is 2.10 bits per heavy atom. The van der Waals surface area contributed by atoms with Crippen LogP contribution in [0, 0.1) is 6.92 Å². The zero-order valence-electron chi connectivity index (χ0n) is 13.5. The number of ether oxygens (including phenoxy) is 1. The number of carbonyl (C=O) groups excluding carboxylic acids is 1. The molecule has 0 atom stereocenters. The van der Waals surface area contributed by atoms with Crippen molar-refractivity contribution < 1.29 is 9.53 Å². The number of aryl methyl sites for hydroxylation is 1. The van der Waals surface area contributed by atoms with Crippen LogP contribution in [0.4, 0.5) is 0 Å². The predicted molar refractivity (Wildman–Crippen MR) is 88.4 cm³/mol. The molecule has 0 unspecified atom stereocenters. The highest BCUT2D eigenvalue weighted by molar-refractivity contribution is 6.17. The Kier molecular flexibility index (Phi) is 7.58. The van der Waals surface area contributed by atoms with Gasteiger partial charge in [-0.25, -0.2) is 0 Å². The van der Waals surface area contributed by atoms with Gasteiger partial charge in [-0.2, -0.15) is 0 Å². The minimum atomic E-state index is 0.116. The lowest BCUT2D eigenvalue weighted by Gasteiger charge is -2.18. The maximum absolute atomic E-state index is 11.7. The minimum absolute atomic E-state index is 0.116. The van der Waals surface area contributed by atoms with Gasteiger partial charge in [-0.3, -0.25) is 4.79 Å². The molecule has 0 aliphatic carbocycles. The highest BCUT2D eigenvalue weighted by atomic mass is 35.5. The summed E-state index contributed by atoms with van der Waals surface area (Å²) in [5.41, 5.74) is 2.59. The van der Waals surface area contributed by atoms with E-state index < -0.39 is 0 Å². The van der Waals surface area contributed by atoms with Crippen LogP contribution in [0.1, 0.15) is 43.7 Å². The fourth-order valence-corrected chi connectivity index (χ4v) is 2.35. The van der Waals surface area contributed by atoms with Crippen molar-refractivity contribution >= 4 is 17.5 Å². The van der Waals surface area contributed by atoms with Gasteiger partial charge in [-0.1, -0.05) is 19.9 Å². The molecule has 4 heteroatoms. The van der Waals surface area contributed by atoms with Crippen LogP contribution in [-0.2, 0) is 4.79 Å². The number of amides is 1. The molecule has 0 spiro atoms. The van der Waals surface area contributed by atoms with Crippen LogP contribution in [0.15, 0.2) is 18.2 Å². The highest BCUT2D eigenvalue weighted by Crippen LogP contribution is 2.23. The van der Waals surface area contributed by atoms with Crippen molar-refractivity contribution in [3.8, 4) is 5.75 Å². The monoisotopic (exact) mass is 311 g/mol. The molecule has 1 amide bonds. The lowest BCUT2D eigenvalue weighted by Crippen LogP contribution is -2.30. The second-order valence-corrected chi connectivity index (χ2v) is 6.01. The zero-order chi connectivity index (χ0) is 15.8. The largest absolute Gasteiger partial charge is 0.492 e. The van der Waals surface area contributed by atoms with Crippen molar-refractivity contribution in [3.05, 3.63) is 29.3 Å². The predicted octanol–water partition coefficient (Wildman–Crippen LogP) is 3.97. The van der Waals surface area contributed by atoms with Crippen molar-refractivity contribution in [2.45, 2.75) is 39.5 Å². The van der Waals surface area contributed by atoms with Crippen molar-refractivity contribution in [1.82, 2.24) is 4.90 Å². The summed E-state index contributed by atoms with van der Waals surface area (Å²) < 4.78 is 5.73. The molecule has 118 valence electrons. The summed E-state index contributed by atoms with van der Waals surface area (Å²) >= 11 is 5.59. The molecule has 0 N–H and O–H groups in total. The standard InChI is InChI=1S/C17H26ClNO2/c1-13(2)16-8-7-15(12-14(16)3)21-11-10-19(4)17(20)6-5-9-18/h7-8,12-13H,5-6,9-11H2,1-4H3. The third-order valence-electron chi connectivity index (χ3n) is 3.51. The van der Waals surface area contributed by atoms with E-state index in [4.69, 9.17) is 16.3 Å². The number of likely N-dealkylation sites (N-methyl/N-ethyl adjacent to an activating group) is 1. The summed E-state index contributed by atoms with van der Waals surface area (Å²) in [4.78, 5) is 13.4. The fraction of sp³-hybridized carbons (Fsp3) is 0.588. The second-order valence-electron chi connectivity index (χ2n) is 5.63. The number of halogens is 1. The van der Waals surface area contributed by atoms with Crippen LogP contribution in [0.3, 0.4) is 0 Å². The van der Waals surface area contributed by atoms with Crippen LogP contribution in [0.25, 0.3) is 0 Å². The maximum atomic E-state index is 11.7. The first-order valence-corrected chi connectivity index (χ1v) is 8.02. The second kappa shape index (κ2) is 8.93. The Hall–Kier alpha value is -1.22. The van der Waals surface area contributed by atoms with Gasteiger partial charge in [0.2, 0.25) is 5.91 Å². The molecule has 0 bridgehead atoms. The molecular formula is C17H26ClNO2. The smallest absolute Gasteiger partial charge is 0.222 e. The molecule has 1 aromatic carbocycles. The van der Waals surface area contributed by atoms with E-state index in [2.05, 4.69) is 32.9 Å². The SMILES string of the molecule is Cc1cc(OCCN(C)C(=O)CCCCl)ccc1C(C)C. The normalized spacial score (nSPS) is 10.8. The Labute approximate surface area is 133 Å². The lowest BCUT2D eigenvalue weighted by molar-refractivity contribution is -0.130. The Morgan fingerprint density at radius 3 is 2.67 bits per heavy atom. The van der Waals surface area contributed by atoms with Crippen LogP contribution in [0.5, 0.6) is 5.75 Å². The third kappa shape index (κ3) is 5.96. The van der Waals surface area contributed by atoms with Gasteiger partial charge in [0.1, 0.15) is 12.4 Å². The number of hydrogen-bond acceptors (Lipinski definition) is 2. The summed E-state index contributed by atoms with van der Waals surface area (Å²) in [6, 6.07) is 6.17. The Morgan fingerprint density at radius 1 is 1.38 bits per heavy atom. The first-order valence-electron chi connectivity index (χ1n) is 7.49. The van der Waals surface area contributed by atoms with Gasteiger partial charge in [-0.15, -0.1) is 11.6 Å².